The smallest absolute Gasteiger partial charge is 0.143 e. The molecule has 0 saturated heterocycles. The number of nitrogens with zero attached hydrogens (tertiary/aromatic N) is 2. The SMILES string of the molecule is CC(C)(C)c1nc(CNc2cccc(F)c2C#N)cs1. The summed E-state index contributed by atoms with van der Waals surface area (Å²) in [5, 5.41) is 15.1. The van der Waals surface area contributed by atoms with Crippen LogP contribution in [0.3, 0.4) is 0 Å². The highest BCUT2D eigenvalue weighted by Gasteiger charge is 2.18. The number of benzene rings is 1. The molecule has 0 aliphatic carbocycles. The van der Waals surface area contributed by atoms with Gasteiger partial charge in [0.15, 0.2) is 0 Å². The van der Waals surface area contributed by atoms with E-state index in [0.29, 0.717) is 12.2 Å². The van der Waals surface area contributed by atoms with Gasteiger partial charge in [-0.3, -0.25) is 0 Å². The maximum Gasteiger partial charge on any atom is 0.143 e. The predicted octanol–water partition coefficient (Wildman–Crippen LogP) is 4.06. The Morgan fingerprint density at radius 1 is 1.40 bits per heavy atom. The number of anilines is 1. The Kier molecular flexibility index (Phi) is 4.05. The number of hydrogen-bond donors (Lipinski definition) is 1. The third kappa shape index (κ3) is 3.14. The summed E-state index contributed by atoms with van der Waals surface area (Å²) < 4.78 is 13.5. The lowest BCUT2D eigenvalue weighted by Crippen LogP contribution is -2.11. The molecule has 1 heterocycles. The molecular formula is C15H16FN3S. The minimum absolute atomic E-state index is 0.0274. The maximum atomic E-state index is 13.5. The van der Waals surface area contributed by atoms with Crippen molar-refractivity contribution in [2.45, 2.75) is 32.7 Å². The molecule has 0 spiro atoms. The lowest BCUT2D eigenvalue weighted by atomic mass is 9.98. The van der Waals surface area contributed by atoms with Crippen molar-refractivity contribution in [3.05, 3.63) is 45.7 Å². The zero-order valence-electron chi connectivity index (χ0n) is 11.7. The molecule has 0 radical (unpaired) electrons. The minimum Gasteiger partial charge on any atom is -0.378 e. The molecule has 1 N–H and O–H groups in total. The highest BCUT2D eigenvalue weighted by Crippen LogP contribution is 2.26. The van der Waals surface area contributed by atoms with Crippen molar-refractivity contribution >= 4 is 17.0 Å². The van der Waals surface area contributed by atoms with Crippen LogP contribution in [0.2, 0.25) is 0 Å². The van der Waals surface area contributed by atoms with Crippen molar-refractivity contribution in [2.24, 2.45) is 0 Å². The molecule has 0 fully saturated rings. The van der Waals surface area contributed by atoms with Crippen molar-refractivity contribution in [3.63, 3.8) is 0 Å². The number of halogens is 1. The van der Waals surface area contributed by atoms with Crippen molar-refractivity contribution in [1.82, 2.24) is 4.98 Å². The zero-order valence-corrected chi connectivity index (χ0v) is 12.5. The van der Waals surface area contributed by atoms with E-state index in [-0.39, 0.29) is 11.0 Å². The van der Waals surface area contributed by atoms with E-state index in [9.17, 15) is 4.39 Å². The maximum absolute atomic E-state index is 13.5. The second-order valence-electron chi connectivity index (χ2n) is 5.52. The molecule has 5 heteroatoms. The summed E-state index contributed by atoms with van der Waals surface area (Å²) >= 11 is 1.61. The molecule has 0 saturated carbocycles. The van der Waals surface area contributed by atoms with E-state index in [1.807, 2.05) is 11.4 Å². The van der Waals surface area contributed by atoms with Gasteiger partial charge < -0.3 is 5.32 Å². The molecular weight excluding hydrogens is 273 g/mol. The van der Waals surface area contributed by atoms with Gasteiger partial charge in [-0.05, 0) is 12.1 Å². The number of thiazole rings is 1. The Balaban J connectivity index is 2.12. The molecule has 1 aromatic carbocycles. The molecule has 0 aliphatic heterocycles. The third-order valence-electron chi connectivity index (χ3n) is 2.78. The Bertz CT molecular complexity index is 650. The van der Waals surface area contributed by atoms with Crippen LogP contribution in [0.15, 0.2) is 23.6 Å². The number of rotatable bonds is 3. The number of aromatic nitrogens is 1. The van der Waals surface area contributed by atoms with Crippen molar-refractivity contribution in [2.75, 3.05) is 5.32 Å². The van der Waals surface area contributed by atoms with Crippen LogP contribution >= 0.6 is 11.3 Å². The second-order valence-corrected chi connectivity index (χ2v) is 6.38. The van der Waals surface area contributed by atoms with Crippen LogP contribution in [0.1, 0.15) is 37.0 Å². The second kappa shape index (κ2) is 5.59. The quantitative estimate of drug-likeness (QED) is 0.926. The summed E-state index contributed by atoms with van der Waals surface area (Å²) in [7, 11) is 0. The van der Waals surface area contributed by atoms with Gasteiger partial charge in [-0.25, -0.2) is 9.37 Å². The first-order valence-electron chi connectivity index (χ1n) is 6.29. The molecule has 0 amide bonds. The fourth-order valence-corrected chi connectivity index (χ4v) is 2.61. The fourth-order valence-electron chi connectivity index (χ4n) is 1.70. The molecule has 3 nitrogen and oxygen atoms in total. The van der Waals surface area contributed by atoms with E-state index >= 15 is 0 Å². The highest BCUT2D eigenvalue weighted by atomic mass is 32.1. The summed E-state index contributed by atoms with van der Waals surface area (Å²) in [5.41, 5.74) is 1.46. The Labute approximate surface area is 122 Å². The van der Waals surface area contributed by atoms with Gasteiger partial charge >= 0.3 is 0 Å². The molecule has 2 rings (SSSR count). The normalized spacial score (nSPS) is 11.2. The van der Waals surface area contributed by atoms with Gasteiger partial charge in [-0.2, -0.15) is 5.26 Å². The van der Waals surface area contributed by atoms with E-state index < -0.39 is 5.82 Å². The average Bonchev–Trinajstić information content (AvgIpc) is 2.85. The van der Waals surface area contributed by atoms with Crippen LogP contribution in [0.25, 0.3) is 0 Å². The summed E-state index contributed by atoms with van der Waals surface area (Å²) in [6.07, 6.45) is 0. The number of hydrogen-bond acceptors (Lipinski definition) is 4. The van der Waals surface area contributed by atoms with Crippen molar-refractivity contribution < 1.29 is 4.39 Å². The van der Waals surface area contributed by atoms with Crippen LogP contribution in [0.4, 0.5) is 10.1 Å². The van der Waals surface area contributed by atoms with E-state index in [4.69, 9.17) is 5.26 Å². The van der Waals surface area contributed by atoms with Gasteiger partial charge in [-0.15, -0.1) is 11.3 Å². The van der Waals surface area contributed by atoms with Crippen LogP contribution in [0.5, 0.6) is 0 Å². The Morgan fingerprint density at radius 3 is 2.75 bits per heavy atom. The monoisotopic (exact) mass is 289 g/mol. The molecule has 0 atom stereocenters. The predicted molar refractivity (Wildman–Crippen MR) is 79.3 cm³/mol. The standard InChI is InChI=1S/C15H16FN3S/c1-15(2,3)14-19-10(9-20-14)8-18-13-6-4-5-12(16)11(13)7-17/h4-6,9,18H,8H2,1-3H3. The first kappa shape index (κ1) is 14.5. The van der Waals surface area contributed by atoms with Crippen LogP contribution < -0.4 is 5.32 Å². The molecule has 0 aliphatic rings. The van der Waals surface area contributed by atoms with Gasteiger partial charge in [0.1, 0.15) is 17.4 Å². The Hall–Kier alpha value is -1.93. The van der Waals surface area contributed by atoms with Crippen molar-refractivity contribution in [3.8, 4) is 6.07 Å². The molecule has 0 unspecified atom stereocenters. The number of nitrogens with one attached hydrogen (secondary N) is 1. The van der Waals surface area contributed by atoms with Crippen LogP contribution in [-0.2, 0) is 12.0 Å². The Morgan fingerprint density at radius 2 is 2.15 bits per heavy atom. The minimum atomic E-state index is -0.508. The molecule has 104 valence electrons. The van der Waals surface area contributed by atoms with Gasteiger partial charge in [0.25, 0.3) is 0 Å². The first-order valence-corrected chi connectivity index (χ1v) is 7.17. The van der Waals surface area contributed by atoms with E-state index in [2.05, 4.69) is 31.1 Å². The largest absolute Gasteiger partial charge is 0.378 e. The lowest BCUT2D eigenvalue weighted by molar-refractivity contribution is 0.583. The number of nitriles is 1. The van der Waals surface area contributed by atoms with Gasteiger partial charge in [0.2, 0.25) is 0 Å². The third-order valence-corrected chi connectivity index (χ3v) is 4.10. The summed E-state index contributed by atoms with van der Waals surface area (Å²) in [5.74, 6) is -0.508. The average molecular weight is 289 g/mol. The lowest BCUT2D eigenvalue weighted by Gasteiger charge is -2.13. The van der Waals surface area contributed by atoms with Crippen LogP contribution in [0, 0.1) is 17.1 Å². The van der Waals surface area contributed by atoms with Gasteiger partial charge in [-0.1, -0.05) is 26.8 Å². The van der Waals surface area contributed by atoms with Gasteiger partial charge in [0, 0.05) is 10.8 Å². The van der Waals surface area contributed by atoms with E-state index in [1.165, 1.54) is 6.07 Å². The van der Waals surface area contributed by atoms with Gasteiger partial charge in [0.05, 0.1) is 22.9 Å². The summed E-state index contributed by atoms with van der Waals surface area (Å²) in [6, 6.07) is 6.43. The first-order chi connectivity index (χ1) is 9.41. The highest BCUT2D eigenvalue weighted by molar-refractivity contribution is 7.09. The summed E-state index contributed by atoms with van der Waals surface area (Å²) in [6.45, 7) is 6.82. The van der Waals surface area contributed by atoms with E-state index in [1.54, 1.807) is 23.5 Å². The summed E-state index contributed by atoms with van der Waals surface area (Å²) in [4.78, 5) is 4.55. The van der Waals surface area contributed by atoms with Crippen LogP contribution in [-0.4, -0.2) is 4.98 Å². The molecule has 20 heavy (non-hydrogen) atoms. The fraction of sp³-hybridized carbons (Fsp3) is 0.333. The molecule has 2 aromatic rings. The van der Waals surface area contributed by atoms with E-state index in [0.717, 1.165) is 10.7 Å². The molecule has 1 aromatic heterocycles. The molecule has 0 bridgehead atoms. The topological polar surface area (TPSA) is 48.7 Å². The van der Waals surface area contributed by atoms with Crippen molar-refractivity contribution in [1.29, 1.82) is 5.26 Å². The zero-order chi connectivity index (χ0) is 14.8.